The van der Waals surface area contributed by atoms with E-state index >= 15 is 0 Å². The van der Waals surface area contributed by atoms with Crippen LogP contribution < -0.4 is 10.6 Å². The van der Waals surface area contributed by atoms with Gasteiger partial charge in [0, 0.05) is 26.3 Å². The van der Waals surface area contributed by atoms with Crippen molar-refractivity contribution in [1.82, 2.24) is 10.2 Å². The number of rotatable bonds is 4. The molecule has 4 nitrogen and oxygen atoms in total. The Morgan fingerprint density at radius 3 is 2.53 bits per heavy atom. The van der Waals surface area contributed by atoms with Crippen molar-refractivity contribution in [2.45, 2.75) is 13.1 Å². The summed E-state index contributed by atoms with van der Waals surface area (Å²) in [7, 11) is 2.00. The van der Waals surface area contributed by atoms with Crippen LogP contribution in [0, 0.1) is 0 Å². The molecule has 1 heterocycles. The summed E-state index contributed by atoms with van der Waals surface area (Å²) < 4.78 is 0. The lowest BCUT2D eigenvalue weighted by Crippen LogP contribution is -2.19. The summed E-state index contributed by atoms with van der Waals surface area (Å²) in [5.74, 6) is 0.860. The molecule has 1 aromatic carbocycles. The molecule has 0 aliphatic heterocycles. The van der Waals surface area contributed by atoms with Crippen LogP contribution in [0.2, 0.25) is 0 Å². The Balaban J connectivity index is 2.16. The van der Waals surface area contributed by atoms with E-state index in [-0.39, 0.29) is 0 Å². The molecule has 0 saturated carbocycles. The van der Waals surface area contributed by atoms with Crippen LogP contribution in [0.4, 0.5) is 5.82 Å². The van der Waals surface area contributed by atoms with Gasteiger partial charge in [-0.05, 0) is 23.3 Å². The van der Waals surface area contributed by atoms with Gasteiger partial charge in [0.1, 0.15) is 0 Å². The van der Waals surface area contributed by atoms with E-state index < -0.39 is 0 Å². The molecule has 1 aromatic heterocycles. The standard InChI is InChI=1S/C13H16N4/c1-17(13-7-4-8-15-16-13)10-12-6-3-2-5-11(12)9-14/h2-8H,9-10,14H2,1H3. The first-order chi connectivity index (χ1) is 8.31. The fourth-order valence-electron chi connectivity index (χ4n) is 1.74. The van der Waals surface area contributed by atoms with Crippen LogP contribution in [-0.4, -0.2) is 17.2 Å². The highest BCUT2D eigenvalue weighted by atomic mass is 15.2. The molecule has 0 saturated heterocycles. The molecule has 0 spiro atoms. The maximum absolute atomic E-state index is 5.72. The third-order valence-corrected chi connectivity index (χ3v) is 2.70. The summed E-state index contributed by atoms with van der Waals surface area (Å²) >= 11 is 0. The van der Waals surface area contributed by atoms with Gasteiger partial charge in [-0.1, -0.05) is 24.3 Å². The van der Waals surface area contributed by atoms with Crippen molar-refractivity contribution in [3.05, 3.63) is 53.7 Å². The molecule has 0 aliphatic carbocycles. The minimum Gasteiger partial charge on any atom is -0.354 e. The van der Waals surface area contributed by atoms with Gasteiger partial charge in [0.05, 0.1) is 0 Å². The van der Waals surface area contributed by atoms with Crippen molar-refractivity contribution in [1.29, 1.82) is 0 Å². The fraction of sp³-hybridized carbons (Fsp3) is 0.231. The number of nitrogens with two attached hydrogens (primary N) is 1. The highest BCUT2D eigenvalue weighted by Crippen LogP contribution is 2.14. The molecule has 0 aliphatic rings. The van der Waals surface area contributed by atoms with E-state index in [9.17, 15) is 0 Å². The SMILES string of the molecule is CN(Cc1ccccc1CN)c1cccnn1. The highest BCUT2D eigenvalue weighted by molar-refractivity contribution is 5.38. The molecule has 0 unspecified atom stereocenters. The van der Waals surface area contributed by atoms with Gasteiger partial charge in [-0.2, -0.15) is 5.10 Å². The van der Waals surface area contributed by atoms with Crippen molar-refractivity contribution >= 4 is 5.82 Å². The Labute approximate surface area is 101 Å². The molecule has 88 valence electrons. The average Bonchev–Trinajstić information content (AvgIpc) is 2.40. The van der Waals surface area contributed by atoms with Crippen LogP contribution in [0.25, 0.3) is 0 Å². The Hall–Kier alpha value is -1.94. The van der Waals surface area contributed by atoms with Gasteiger partial charge in [-0.25, -0.2) is 0 Å². The van der Waals surface area contributed by atoms with Crippen LogP contribution in [0.5, 0.6) is 0 Å². The van der Waals surface area contributed by atoms with Gasteiger partial charge in [-0.3, -0.25) is 0 Å². The first-order valence-corrected chi connectivity index (χ1v) is 5.57. The highest BCUT2D eigenvalue weighted by Gasteiger charge is 2.06. The smallest absolute Gasteiger partial charge is 0.151 e. The number of aromatic nitrogens is 2. The molecule has 4 heteroatoms. The normalized spacial score (nSPS) is 10.2. The topological polar surface area (TPSA) is 55.0 Å². The fourth-order valence-corrected chi connectivity index (χ4v) is 1.74. The van der Waals surface area contributed by atoms with Crippen LogP contribution in [0.15, 0.2) is 42.6 Å². The van der Waals surface area contributed by atoms with E-state index in [0.29, 0.717) is 6.54 Å². The Morgan fingerprint density at radius 2 is 1.88 bits per heavy atom. The first-order valence-electron chi connectivity index (χ1n) is 5.57. The van der Waals surface area contributed by atoms with E-state index in [0.717, 1.165) is 12.4 Å². The lowest BCUT2D eigenvalue weighted by molar-refractivity contribution is 0.852. The van der Waals surface area contributed by atoms with Crippen LogP contribution in [-0.2, 0) is 13.1 Å². The molecule has 2 rings (SSSR count). The van der Waals surface area contributed by atoms with E-state index in [2.05, 4.69) is 27.2 Å². The number of hydrogen-bond acceptors (Lipinski definition) is 4. The number of anilines is 1. The summed E-state index contributed by atoms with van der Waals surface area (Å²) in [5.41, 5.74) is 8.11. The largest absolute Gasteiger partial charge is 0.354 e. The maximum Gasteiger partial charge on any atom is 0.151 e. The van der Waals surface area contributed by atoms with Crippen LogP contribution in [0.1, 0.15) is 11.1 Å². The zero-order chi connectivity index (χ0) is 12.1. The third-order valence-electron chi connectivity index (χ3n) is 2.70. The van der Waals surface area contributed by atoms with E-state index in [1.165, 1.54) is 11.1 Å². The number of nitrogens with zero attached hydrogens (tertiary/aromatic N) is 3. The van der Waals surface area contributed by atoms with E-state index in [1.54, 1.807) is 6.20 Å². The lowest BCUT2D eigenvalue weighted by atomic mass is 10.1. The second-order valence-electron chi connectivity index (χ2n) is 3.91. The zero-order valence-corrected chi connectivity index (χ0v) is 9.87. The molecule has 0 radical (unpaired) electrons. The second kappa shape index (κ2) is 5.41. The summed E-state index contributed by atoms with van der Waals surface area (Å²) in [4.78, 5) is 2.06. The number of hydrogen-bond donors (Lipinski definition) is 1. The van der Waals surface area contributed by atoms with Gasteiger partial charge in [-0.15, -0.1) is 5.10 Å². The lowest BCUT2D eigenvalue weighted by Gasteiger charge is -2.19. The van der Waals surface area contributed by atoms with Gasteiger partial charge in [0.25, 0.3) is 0 Å². The molecular weight excluding hydrogens is 212 g/mol. The van der Waals surface area contributed by atoms with E-state index in [1.807, 2.05) is 31.3 Å². The van der Waals surface area contributed by atoms with Gasteiger partial charge in [0.15, 0.2) is 5.82 Å². The van der Waals surface area contributed by atoms with Crippen molar-refractivity contribution in [2.24, 2.45) is 5.73 Å². The average molecular weight is 228 g/mol. The molecule has 0 fully saturated rings. The third kappa shape index (κ3) is 2.79. The maximum atomic E-state index is 5.72. The molecular formula is C13H16N4. The van der Waals surface area contributed by atoms with Crippen molar-refractivity contribution in [3.63, 3.8) is 0 Å². The minimum absolute atomic E-state index is 0.560. The molecule has 2 aromatic rings. The van der Waals surface area contributed by atoms with E-state index in [4.69, 9.17) is 5.73 Å². The summed E-state index contributed by atoms with van der Waals surface area (Å²) in [6, 6.07) is 12.0. The minimum atomic E-state index is 0.560. The summed E-state index contributed by atoms with van der Waals surface area (Å²) in [6.45, 7) is 1.34. The molecule has 2 N–H and O–H groups in total. The Morgan fingerprint density at radius 1 is 1.12 bits per heavy atom. The predicted molar refractivity (Wildman–Crippen MR) is 68.5 cm³/mol. The summed E-state index contributed by atoms with van der Waals surface area (Å²) in [6.07, 6.45) is 1.67. The van der Waals surface area contributed by atoms with Crippen LogP contribution >= 0.6 is 0 Å². The van der Waals surface area contributed by atoms with Crippen molar-refractivity contribution < 1.29 is 0 Å². The summed E-state index contributed by atoms with van der Waals surface area (Å²) in [5, 5.41) is 7.95. The van der Waals surface area contributed by atoms with Crippen LogP contribution in [0.3, 0.4) is 0 Å². The van der Waals surface area contributed by atoms with Gasteiger partial charge >= 0.3 is 0 Å². The predicted octanol–water partition coefficient (Wildman–Crippen LogP) is 1.57. The van der Waals surface area contributed by atoms with Crippen molar-refractivity contribution in [3.8, 4) is 0 Å². The van der Waals surface area contributed by atoms with Crippen molar-refractivity contribution in [2.75, 3.05) is 11.9 Å². The quantitative estimate of drug-likeness (QED) is 0.863. The molecule has 0 amide bonds. The molecule has 0 atom stereocenters. The number of benzene rings is 1. The first kappa shape index (κ1) is 11.5. The Bertz CT molecular complexity index is 470. The second-order valence-corrected chi connectivity index (χ2v) is 3.91. The van der Waals surface area contributed by atoms with Gasteiger partial charge < -0.3 is 10.6 Å². The van der Waals surface area contributed by atoms with Gasteiger partial charge in [0.2, 0.25) is 0 Å². The zero-order valence-electron chi connectivity index (χ0n) is 9.87. The monoisotopic (exact) mass is 228 g/mol. The Kier molecular flexibility index (Phi) is 3.67. The molecule has 0 bridgehead atoms. The molecule has 17 heavy (non-hydrogen) atoms.